The van der Waals surface area contributed by atoms with Gasteiger partial charge in [0.2, 0.25) is 0 Å². The normalized spacial score (nSPS) is 14.3. The van der Waals surface area contributed by atoms with Crippen LogP contribution in [0.5, 0.6) is 0 Å². The Hall–Kier alpha value is -1.04. The van der Waals surface area contributed by atoms with E-state index in [9.17, 15) is 9.00 Å². The van der Waals surface area contributed by atoms with Gasteiger partial charge in [-0.2, -0.15) is 0 Å². The first-order valence-electron chi connectivity index (χ1n) is 5.26. The number of aryl methyl sites for hydroxylation is 1. The molecule has 0 saturated heterocycles. The molecule has 0 radical (unpaired) electrons. The zero-order chi connectivity index (χ0) is 12.8. The summed E-state index contributed by atoms with van der Waals surface area (Å²) in [6, 6.07) is 7.02. The quantitative estimate of drug-likeness (QED) is 0.717. The zero-order valence-corrected chi connectivity index (χ0v) is 10.4. The van der Waals surface area contributed by atoms with Crippen LogP contribution in [0.1, 0.15) is 15.9 Å². The third kappa shape index (κ3) is 4.77. The molecule has 0 aromatic heterocycles. The zero-order valence-electron chi connectivity index (χ0n) is 9.63. The van der Waals surface area contributed by atoms with Gasteiger partial charge in [-0.15, -0.1) is 0 Å². The number of hydrogen-bond donors (Lipinski definition) is 2. The van der Waals surface area contributed by atoms with Gasteiger partial charge in [-0.3, -0.25) is 9.00 Å². The van der Waals surface area contributed by atoms with E-state index < -0.39 is 23.5 Å². The Morgan fingerprint density at radius 2 is 1.94 bits per heavy atom. The summed E-state index contributed by atoms with van der Waals surface area (Å²) < 4.78 is 11.5. The van der Waals surface area contributed by atoms with Crippen LogP contribution in [0.25, 0.3) is 0 Å². The highest BCUT2D eigenvalue weighted by Crippen LogP contribution is 2.05. The van der Waals surface area contributed by atoms with E-state index in [2.05, 4.69) is 0 Å². The Morgan fingerprint density at radius 1 is 1.35 bits per heavy atom. The fraction of sp³-hybridized carbons (Fsp3) is 0.417. The number of hydrogen-bond acceptors (Lipinski definition) is 4. The number of aliphatic hydroxyl groups excluding tert-OH is 2. The Bertz CT molecular complexity index is 399. The highest BCUT2D eigenvalue weighted by Gasteiger charge is 2.13. The number of carbonyl (C=O) groups is 1. The summed E-state index contributed by atoms with van der Waals surface area (Å²) in [5.74, 6) is -0.415. The lowest BCUT2D eigenvalue weighted by atomic mass is 10.1. The average Bonchev–Trinajstić information content (AvgIpc) is 2.29. The summed E-state index contributed by atoms with van der Waals surface area (Å²) in [6.45, 7) is 1.48. The van der Waals surface area contributed by atoms with Gasteiger partial charge in [0.05, 0.1) is 24.2 Å². The van der Waals surface area contributed by atoms with Gasteiger partial charge in [0.15, 0.2) is 5.78 Å². The molecule has 5 heteroatoms. The molecule has 2 N–H and O–H groups in total. The number of carbonyl (C=O) groups excluding carboxylic acids is 1. The summed E-state index contributed by atoms with van der Waals surface area (Å²) in [5, 5.41) is 17.7. The maximum absolute atomic E-state index is 11.7. The molecule has 0 aliphatic rings. The molecular weight excluding hydrogens is 240 g/mol. The van der Waals surface area contributed by atoms with Crippen LogP contribution in [0.4, 0.5) is 0 Å². The fourth-order valence-electron chi connectivity index (χ4n) is 1.30. The molecule has 0 heterocycles. The fourth-order valence-corrected chi connectivity index (χ4v) is 2.41. The van der Waals surface area contributed by atoms with Crippen molar-refractivity contribution in [1.82, 2.24) is 0 Å². The van der Waals surface area contributed by atoms with Crippen molar-refractivity contribution in [2.45, 2.75) is 13.0 Å². The van der Waals surface area contributed by atoms with Crippen LogP contribution >= 0.6 is 0 Å². The maximum atomic E-state index is 11.7. The number of benzene rings is 1. The van der Waals surface area contributed by atoms with Crippen LogP contribution in [0.15, 0.2) is 24.3 Å². The predicted octanol–water partition coefficient (Wildman–Crippen LogP) is 0.280. The molecule has 0 bridgehead atoms. The van der Waals surface area contributed by atoms with E-state index in [0.717, 1.165) is 5.56 Å². The van der Waals surface area contributed by atoms with Crippen LogP contribution in [0, 0.1) is 6.92 Å². The minimum atomic E-state index is -1.45. The van der Waals surface area contributed by atoms with Crippen LogP contribution in [-0.2, 0) is 10.8 Å². The summed E-state index contributed by atoms with van der Waals surface area (Å²) in [6.07, 6.45) is -1.03. The minimum absolute atomic E-state index is 0.0753. The second-order valence-electron chi connectivity index (χ2n) is 3.88. The first-order valence-corrected chi connectivity index (χ1v) is 6.75. The molecular formula is C12H16O4S. The van der Waals surface area contributed by atoms with Crippen molar-refractivity contribution in [3.63, 3.8) is 0 Å². The molecule has 0 fully saturated rings. The molecule has 1 rings (SSSR count). The molecule has 0 spiro atoms. The smallest absolute Gasteiger partial charge is 0.175 e. The highest BCUT2D eigenvalue weighted by atomic mass is 32.2. The van der Waals surface area contributed by atoms with Crippen LogP contribution in [0.3, 0.4) is 0 Å². The van der Waals surface area contributed by atoms with Crippen LogP contribution in [-0.4, -0.2) is 44.4 Å². The summed E-state index contributed by atoms with van der Waals surface area (Å²) in [4.78, 5) is 11.7. The third-order valence-electron chi connectivity index (χ3n) is 2.25. The van der Waals surface area contributed by atoms with E-state index in [1.165, 1.54) is 0 Å². The lowest BCUT2D eigenvalue weighted by Crippen LogP contribution is -2.24. The van der Waals surface area contributed by atoms with Crippen LogP contribution < -0.4 is 0 Å². The summed E-state index contributed by atoms with van der Waals surface area (Å²) in [5.41, 5.74) is 1.57. The first kappa shape index (κ1) is 14.0. The lowest BCUT2D eigenvalue weighted by molar-refractivity contribution is 0.101. The second-order valence-corrected chi connectivity index (χ2v) is 5.38. The van der Waals surface area contributed by atoms with Gasteiger partial charge in [0.1, 0.15) is 0 Å². The topological polar surface area (TPSA) is 74.6 Å². The minimum Gasteiger partial charge on any atom is -0.394 e. The molecule has 2 atom stereocenters. The van der Waals surface area contributed by atoms with Crippen molar-refractivity contribution in [1.29, 1.82) is 0 Å². The van der Waals surface area contributed by atoms with E-state index >= 15 is 0 Å². The molecule has 1 aromatic rings. The van der Waals surface area contributed by atoms with E-state index in [1.807, 2.05) is 19.1 Å². The molecule has 0 saturated carbocycles. The lowest BCUT2D eigenvalue weighted by Gasteiger charge is -2.06. The van der Waals surface area contributed by atoms with Crippen LogP contribution in [0.2, 0.25) is 0 Å². The Labute approximate surface area is 103 Å². The third-order valence-corrected chi connectivity index (χ3v) is 3.60. The largest absolute Gasteiger partial charge is 0.394 e. The van der Waals surface area contributed by atoms with E-state index in [0.29, 0.717) is 5.56 Å². The van der Waals surface area contributed by atoms with Gasteiger partial charge in [-0.05, 0) is 6.92 Å². The van der Waals surface area contributed by atoms with E-state index in [-0.39, 0.29) is 17.3 Å². The average molecular weight is 256 g/mol. The maximum Gasteiger partial charge on any atom is 0.175 e. The monoisotopic (exact) mass is 256 g/mol. The van der Waals surface area contributed by atoms with E-state index in [4.69, 9.17) is 10.2 Å². The van der Waals surface area contributed by atoms with Crippen molar-refractivity contribution in [2.75, 3.05) is 18.1 Å². The Morgan fingerprint density at radius 3 is 2.47 bits per heavy atom. The Kier molecular flexibility index (Phi) is 5.47. The van der Waals surface area contributed by atoms with E-state index in [1.54, 1.807) is 12.1 Å². The first-order chi connectivity index (χ1) is 8.02. The molecule has 0 aliphatic carbocycles. The van der Waals surface area contributed by atoms with Gasteiger partial charge < -0.3 is 10.2 Å². The van der Waals surface area contributed by atoms with Crippen molar-refractivity contribution in [2.24, 2.45) is 0 Å². The SMILES string of the molecule is Cc1ccc(C(=O)CS(=O)CC(O)CO)cc1. The molecule has 1 aromatic carbocycles. The van der Waals surface area contributed by atoms with Crippen molar-refractivity contribution in [3.8, 4) is 0 Å². The number of Topliss-reactive ketones (excluding diaryl/α,β-unsaturated/α-hetero) is 1. The molecule has 94 valence electrons. The number of aliphatic hydroxyl groups is 2. The summed E-state index contributed by atoms with van der Waals surface area (Å²) >= 11 is 0. The summed E-state index contributed by atoms with van der Waals surface area (Å²) in [7, 11) is -1.45. The van der Waals surface area contributed by atoms with Gasteiger partial charge in [0, 0.05) is 16.4 Å². The van der Waals surface area contributed by atoms with Crippen molar-refractivity contribution < 1.29 is 19.2 Å². The molecule has 17 heavy (non-hydrogen) atoms. The molecule has 0 aliphatic heterocycles. The van der Waals surface area contributed by atoms with Gasteiger partial charge in [-0.1, -0.05) is 29.8 Å². The second kappa shape index (κ2) is 6.64. The standard InChI is InChI=1S/C12H16O4S/c1-9-2-4-10(5-3-9)12(15)8-17(16)7-11(14)6-13/h2-5,11,13-14H,6-8H2,1H3. The predicted molar refractivity (Wildman–Crippen MR) is 66.5 cm³/mol. The number of ketones is 1. The number of rotatable bonds is 6. The van der Waals surface area contributed by atoms with Crippen molar-refractivity contribution in [3.05, 3.63) is 35.4 Å². The molecule has 2 unspecified atom stereocenters. The van der Waals surface area contributed by atoms with Gasteiger partial charge in [-0.25, -0.2) is 0 Å². The molecule has 0 amide bonds. The van der Waals surface area contributed by atoms with Crippen molar-refractivity contribution >= 4 is 16.6 Å². The highest BCUT2D eigenvalue weighted by molar-refractivity contribution is 7.85. The Balaban J connectivity index is 2.54. The van der Waals surface area contributed by atoms with Gasteiger partial charge in [0.25, 0.3) is 0 Å². The van der Waals surface area contributed by atoms with Gasteiger partial charge >= 0.3 is 0 Å². The molecule has 4 nitrogen and oxygen atoms in total.